The van der Waals surface area contributed by atoms with Crippen molar-refractivity contribution in [1.82, 2.24) is 5.32 Å². The van der Waals surface area contributed by atoms with Crippen LogP contribution in [0.4, 0.5) is 28.0 Å². The first kappa shape index (κ1) is 16.6. The van der Waals surface area contributed by atoms with Gasteiger partial charge in [-0.05, 0) is 37.0 Å². The first-order valence-electron chi connectivity index (χ1n) is 7.21. The van der Waals surface area contributed by atoms with Crippen LogP contribution in [0.2, 0.25) is 0 Å². The summed E-state index contributed by atoms with van der Waals surface area (Å²) in [6.45, 7) is 2.01. The van der Waals surface area contributed by atoms with Crippen molar-refractivity contribution in [3.05, 3.63) is 29.6 Å². The Morgan fingerprint density at radius 3 is 2.55 bits per heavy atom. The van der Waals surface area contributed by atoms with E-state index in [-0.39, 0.29) is 6.04 Å². The molecule has 2 rings (SSSR count). The zero-order chi connectivity index (χ0) is 16.3. The SMILES string of the molecule is CC1CCCCC1NC(=O)Nc1cc(C(F)(F)F)ccc1F. The van der Waals surface area contributed by atoms with Gasteiger partial charge in [-0.25, -0.2) is 9.18 Å². The summed E-state index contributed by atoms with van der Waals surface area (Å²) in [5, 5.41) is 4.87. The molecule has 0 spiro atoms. The third-order valence-electron chi connectivity index (χ3n) is 3.97. The van der Waals surface area contributed by atoms with Crippen LogP contribution >= 0.6 is 0 Å². The summed E-state index contributed by atoms with van der Waals surface area (Å²) in [4.78, 5) is 11.9. The minimum Gasteiger partial charge on any atom is -0.335 e. The van der Waals surface area contributed by atoms with Crippen LogP contribution in [0.5, 0.6) is 0 Å². The fourth-order valence-corrected chi connectivity index (χ4v) is 2.65. The Balaban J connectivity index is 2.04. The summed E-state index contributed by atoms with van der Waals surface area (Å²) in [7, 11) is 0. The maximum Gasteiger partial charge on any atom is 0.416 e. The van der Waals surface area contributed by atoms with Crippen molar-refractivity contribution in [3.63, 3.8) is 0 Å². The minimum absolute atomic E-state index is 0.0393. The Bertz CT molecular complexity index is 545. The molecule has 0 bridgehead atoms. The second kappa shape index (κ2) is 6.54. The standard InChI is InChI=1S/C15H18F4N2O/c1-9-4-2-3-5-12(9)20-14(22)21-13-8-10(15(17,18)19)6-7-11(13)16/h6-9,12H,2-5H2,1H3,(H2,20,21,22). The van der Waals surface area contributed by atoms with Crippen LogP contribution < -0.4 is 10.6 Å². The minimum atomic E-state index is -4.58. The molecule has 1 aromatic rings. The monoisotopic (exact) mass is 318 g/mol. The van der Waals surface area contributed by atoms with Gasteiger partial charge in [-0.1, -0.05) is 19.8 Å². The maximum absolute atomic E-state index is 13.6. The van der Waals surface area contributed by atoms with E-state index in [4.69, 9.17) is 0 Å². The Hall–Kier alpha value is -1.79. The van der Waals surface area contributed by atoms with Crippen LogP contribution in [0.15, 0.2) is 18.2 Å². The van der Waals surface area contributed by atoms with E-state index in [2.05, 4.69) is 10.6 Å². The van der Waals surface area contributed by atoms with Crippen LogP contribution in [-0.2, 0) is 6.18 Å². The Kier molecular flexibility index (Phi) is 4.93. The van der Waals surface area contributed by atoms with Gasteiger partial charge in [0.05, 0.1) is 11.3 Å². The van der Waals surface area contributed by atoms with E-state index in [9.17, 15) is 22.4 Å². The number of carbonyl (C=O) groups is 1. The molecule has 1 aliphatic rings. The molecule has 0 radical (unpaired) electrons. The van der Waals surface area contributed by atoms with Crippen molar-refractivity contribution < 1.29 is 22.4 Å². The lowest BCUT2D eigenvalue weighted by molar-refractivity contribution is -0.137. The predicted octanol–water partition coefficient (Wildman–Crippen LogP) is 4.54. The van der Waals surface area contributed by atoms with E-state index in [1.165, 1.54) is 0 Å². The number of rotatable bonds is 2. The summed E-state index contributed by atoms with van der Waals surface area (Å²) in [5.41, 5.74) is -1.48. The van der Waals surface area contributed by atoms with Crippen molar-refractivity contribution in [2.45, 2.75) is 44.8 Å². The molecule has 0 aromatic heterocycles. The predicted molar refractivity (Wildman–Crippen MR) is 75.0 cm³/mol. The summed E-state index contributed by atoms with van der Waals surface area (Å²) in [5.74, 6) is -0.606. The molecule has 0 saturated heterocycles. The van der Waals surface area contributed by atoms with E-state index in [1.54, 1.807) is 0 Å². The molecule has 22 heavy (non-hydrogen) atoms. The van der Waals surface area contributed by atoms with Gasteiger partial charge in [0.15, 0.2) is 0 Å². The van der Waals surface area contributed by atoms with Crippen LogP contribution in [0.1, 0.15) is 38.2 Å². The normalized spacial score (nSPS) is 22.2. The fraction of sp³-hybridized carbons (Fsp3) is 0.533. The molecular weight excluding hydrogens is 300 g/mol. The highest BCUT2D eigenvalue weighted by Crippen LogP contribution is 2.32. The summed E-state index contributed by atoms with van der Waals surface area (Å²) in [6.07, 6.45) is -0.683. The number of carbonyl (C=O) groups excluding carboxylic acids is 1. The number of benzene rings is 1. The molecule has 0 aliphatic heterocycles. The number of nitrogens with one attached hydrogen (secondary N) is 2. The number of hydrogen-bond donors (Lipinski definition) is 2. The first-order valence-corrected chi connectivity index (χ1v) is 7.21. The van der Waals surface area contributed by atoms with Crippen molar-refractivity contribution >= 4 is 11.7 Å². The van der Waals surface area contributed by atoms with E-state index in [0.29, 0.717) is 24.1 Å². The highest BCUT2D eigenvalue weighted by molar-refractivity contribution is 5.89. The van der Waals surface area contributed by atoms with Crippen LogP contribution in [-0.4, -0.2) is 12.1 Å². The largest absolute Gasteiger partial charge is 0.416 e. The Morgan fingerprint density at radius 2 is 1.91 bits per heavy atom. The van der Waals surface area contributed by atoms with Gasteiger partial charge in [-0.15, -0.1) is 0 Å². The average Bonchev–Trinajstić information content (AvgIpc) is 2.42. The second-order valence-electron chi connectivity index (χ2n) is 5.66. The number of hydrogen-bond acceptors (Lipinski definition) is 1. The molecule has 2 atom stereocenters. The Morgan fingerprint density at radius 1 is 1.23 bits per heavy atom. The fourth-order valence-electron chi connectivity index (χ4n) is 2.65. The van der Waals surface area contributed by atoms with Gasteiger partial charge < -0.3 is 10.6 Å². The molecule has 1 fully saturated rings. The molecule has 3 nitrogen and oxygen atoms in total. The summed E-state index contributed by atoms with van der Waals surface area (Å²) < 4.78 is 51.4. The number of urea groups is 1. The smallest absolute Gasteiger partial charge is 0.335 e. The van der Waals surface area contributed by atoms with E-state index in [1.807, 2.05) is 6.92 Å². The molecule has 0 heterocycles. The molecular formula is C15H18F4N2O. The van der Waals surface area contributed by atoms with Gasteiger partial charge in [0.1, 0.15) is 5.82 Å². The summed E-state index contributed by atoms with van der Waals surface area (Å²) in [6, 6.07) is 1.21. The third-order valence-corrected chi connectivity index (χ3v) is 3.97. The maximum atomic E-state index is 13.6. The first-order chi connectivity index (χ1) is 10.3. The molecule has 122 valence electrons. The molecule has 2 unspecified atom stereocenters. The van der Waals surface area contributed by atoms with Crippen LogP contribution in [0, 0.1) is 11.7 Å². The van der Waals surface area contributed by atoms with Crippen molar-refractivity contribution in [1.29, 1.82) is 0 Å². The van der Waals surface area contributed by atoms with E-state index < -0.39 is 29.3 Å². The Labute approximate surface area is 126 Å². The second-order valence-corrected chi connectivity index (χ2v) is 5.66. The topological polar surface area (TPSA) is 41.1 Å². The van der Waals surface area contributed by atoms with Crippen LogP contribution in [0.3, 0.4) is 0 Å². The van der Waals surface area contributed by atoms with Crippen LogP contribution in [0.25, 0.3) is 0 Å². The number of amides is 2. The van der Waals surface area contributed by atoms with Crippen molar-refractivity contribution in [3.8, 4) is 0 Å². The lowest BCUT2D eigenvalue weighted by atomic mass is 9.86. The van der Waals surface area contributed by atoms with Gasteiger partial charge in [-0.3, -0.25) is 0 Å². The molecule has 1 aliphatic carbocycles. The van der Waals surface area contributed by atoms with Crippen molar-refractivity contribution in [2.75, 3.05) is 5.32 Å². The number of halogens is 4. The molecule has 7 heteroatoms. The van der Waals surface area contributed by atoms with Gasteiger partial charge >= 0.3 is 12.2 Å². The zero-order valence-electron chi connectivity index (χ0n) is 12.1. The van der Waals surface area contributed by atoms with E-state index in [0.717, 1.165) is 25.7 Å². The molecule has 1 aromatic carbocycles. The molecule has 2 amide bonds. The lowest BCUT2D eigenvalue weighted by Crippen LogP contribution is -2.43. The van der Waals surface area contributed by atoms with Gasteiger partial charge in [0.2, 0.25) is 0 Å². The third kappa shape index (κ3) is 4.11. The highest BCUT2D eigenvalue weighted by atomic mass is 19.4. The quantitative estimate of drug-likeness (QED) is 0.772. The molecule has 2 N–H and O–H groups in total. The zero-order valence-corrected chi connectivity index (χ0v) is 12.1. The van der Waals surface area contributed by atoms with Crippen molar-refractivity contribution in [2.24, 2.45) is 5.92 Å². The highest BCUT2D eigenvalue weighted by Gasteiger charge is 2.31. The van der Waals surface area contributed by atoms with Gasteiger partial charge in [0, 0.05) is 6.04 Å². The average molecular weight is 318 g/mol. The van der Waals surface area contributed by atoms with E-state index >= 15 is 0 Å². The lowest BCUT2D eigenvalue weighted by Gasteiger charge is -2.29. The number of alkyl halides is 3. The van der Waals surface area contributed by atoms with Gasteiger partial charge in [0.25, 0.3) is 0 Å². The molecule has 1 saturated carbocycles. The van der Waals surface area contributed by atoms with Gasteiger partial charge in [-0.2, -0.15) is 13.2 Å². The summed E-state index contributed by atoms with van der Waals surface area (Å²) >= 11 is 0. The number of anilines is 1.